The molecule has 1 atom stereocenters. The number of rotatable bonds is 9. The second kappa shape index (κ2) is 9.62. The molecule has 1 heteroatoms. The van der Waals surface area contributed by atoms with E-state index in [2.05, 4.69) is 33.8 Å². The van der Waals surface area contributed by atoms with Crippen LogP contribution < -0.4 is 0 Å². The van der Waals surface area contributed by atoms with Gasteiger partial charge in [-0.3, -0.25) is 4.79 Å². The summed E-state index contributed by atoms with van der Waals surface area (Å²) in [6, 6.07) is 0. The van der Waals surface area contributed by atoms with Gasteiger partial charge in [0.1, 0.15) is 5.78 Å². The Morgan fingerprint density at radius 3 is 2.44 bits per heavy atom. The average Bonchev–Trinajstić information content (AvgIpc) is 2.17. The summed E-state index contributed by atoms with van der Waals surface area (Å²) in [4.78, 5) is 11.3. The fourth-order valence-corrected chi connectivity index (χ4v) is 1.85. The minimum Gasteiger partial charge on any atom is -0.300 e. The first-order valence-electron chi connectivity index (χ1n) is 6.71. The Morgan fingerprint density at radius 2 is 1.88 bits per heavy atom. The van der Waals surface area contributed by atoms with Crippen LogP contribution in [0.3, 0.4) is 0 Å². The van der Waals surface area contributed by atoms with Crippen molar-refractivity contribution in [1.82, 2.24) is 0 Å². The van der Waals surface area contributed by atoms with Crippen LogP contribution in [0.5, 0.6) is 0 Å². The maximum atomic E-state index is 11.3. The molecular weight excluding hydrogens is 196 g/mol. The number of ketones is 1. The zero-order valence-corrected chi connectivity index (χ0v) is 11.5. The zero-order chi connectivity index (χ0) is 12.4. The lowest BCUT2D eigenvalue weighted by atomic mass is 9.97. The molecular formula is C15H28O. The smallest absolute Gasteiger partial charge is 0.132 e. The van der Waals surface area contributed by atoms with Gasteiger partial charge in [-0.1, -0.05) is 31.9 Å². The molecule has 0 saturated carbocycles. The van der Waals surface area contributed by atoms with Crippen LogP contribution >= 0.6 is 0 Å². The second-order valence-corrected chi connectivity index (χ2v) is 5.14. The van der Waals surface area contributed by atoms with E-state index >= 15 is 0 Å². The van der Waals surface area contributed by atoms with E-state index in [0.717, 1.165) is 31.6 Å². The summed E-state index contributed by atoms with van der Waals surface area (Å²) in [6.45, 7) is 8.66. The van der Waals surface area contributed by atoms with Gasteiger partial charge in [0.25, 0.3) is 0 Å². The van der Waals surface area contributed by atoms with Crippen molar-refractivity contribution in [3.8, 4) is 0 Å². The van der Waals surface area contributed by atoms with Crippen molar-refractivity contribution in [3.63, 3.8) is 0 Å². The number of Topliss-reactive ketones (excluding diaryl/α,β-unsaturated/α-hetero) is 1. The highest BCUT2D eigenvalue weighted by Gasteiger charge is 2.04. The lowest BCUT2D eigenvalue weighted by Crippen LogP contribution is -2.00. The van der Waals surface area contributed by atoms with Gasteiger partial charge in [0, 0.05) is 12.8 Å². The summed E-state index contributed by atoms with van der Waals surface area (Å²) in [5, 5.41) is 0. The van der Waals surface area contributed by atoms with Gasteiger partial charge >= 0.3 is 0 Å². The predicted octanol–water partition coefficient (Wildman–Crippen LogP) is 4.91. The normalized spacial score (nSPS) is 12.2. The first-order chi connectivity index (χ1) is 7.56. The van der Waals surface area contributed by atoms with E-state index in [-0.39, 0.29) is 0 Å². The highest BCUT2D eigenvalue weighted by atomic mass is 16.1. The van der Waals surface area contributed by atoms with E-state index in [4.69, 9.17) is 0 Å². The second-order valence-electron chi connectivity index (χ2n) is 5.14. The fraction of sp³-hybridized carbons (Fsp3) is 0.800. The summed E-state index contributed by atoms with van der Waals surface area (Å²) in [5.41, 5.74) is 1.41. The number of hydrogen-bond acceptors (Lipinski definition) is 1. The lowest BCUT2D eigenvalue weighted by molar-refractivity contribution is -0.119. The van der Waals surface area contributed by atoms with Crippen molar-refractivity contribution in [2.45, 2.75) is 72.6 Å². The molecule has 0 heterocycles. The van der Waals surface area contributed by atoms with E-state index in [0.29, 0.717) is 5.78 Å². The Labute approximate surface area is 101 Å². The Balaban J connectivity index is 3.47. The molecule has 0 aromatic carbocycles. The van der Waals surface area contributed by atoms with Crippen molar-refractivity contribution >= 4 is 5.78 Å². The minimum absolute atomic E-state index is 0.444. The molecule has 0 saturated heterocycles. The summed E-state index contributed by atoms with van der Waals surface area (Å²) in [6.07, 6.45) is 9.58. The van der Waals surface area contributed by atoms with Crippen molar-refractivity contribution in [2.75, 3.05) is 0 Å². The van der Waals surface area contributed by atoms with Crippen LogP contribution in [0.15, 0.2) is 11.6 Å². The van der Waals surface area contributed by atoms with Crippen molar-refractivity contribution in [1.29, 1.82) is 0 Å². The van der Waals surface area contributed by atoms with Crippen LogP contribution in [0.1, 0.15) is 72.6 Å². The molecule has 0 amide bonds. The van der Waals surface area contributed by atoms with Crippen LogP contribution in [0.4, 0.5) is 0 Å². The minimum atomic E-state index is 0.444. The molecule has 0 spiro atoms. The summed E-state index contributed by atoms with van der Waals surface area (Å²) >= 11 is 0. The molecule has 1 unspecified atom stereocenters. The van der Waals surface area contributed by atoms with Crippen LogP contribution in [-0.4, -0.2) is 5.78 Å². The van der Waals surface area contributed by atoms with Gasteiger partial charge in [-0.2, -0.15) is 0 Å². The summed E-state index contributed by atoms with van der Waals surface area (Å²) in [7, 11) is 0. The Bertz CT molecular complexity index is 211. The van der Waals surface area contributed by atoms with Gasteiger partial charge in [0.15, 0.2) is 0 Å². The van der Waals surface area contributed by atoms with Gasteiger partial charge < -0.3 is 0 Å². The number of carbonyl (C=O) groups excluding carboxylic acids is 1. The molecule has 0 aliphatic rings. The summed E-state index contributed by atoms with van der Waals surface area (Å²) < 4.78 is 0. The van der Waals surface area contributed by atoms with E-state index in [1.165, 1.54) is 24.8 Å². The van der Waals surface area contributed by atoms with E-state index < -0.39 is 0 Å². The average molecular weight is 224 g/mol. The standard InChI is InChI=1S/C15H28O/c1-5-8-15(16)12-7-11-14(4)10-6-9-13(2)3/h9,14H,5-8,10-12H2,1-4H3. The molecule has 0 aliphatic heterocycles. The third kappa shape index (κ3) is 9.95. The molecule has 0 aromatic rings. The van der Waals surface area contributed by atoms with Gasteiger partial charge in [0.2, 0.25) is 0 Å². The first kappa shape index (κ1) is 15.4. The van der Waals surface area contributed by atoms with E-state index in [1.807, 2.05) is 0 Å². The molecule has 0 rings (SSSR count). The molecule has 16 heavy (non-hydrogen) atoms. The Hall–Kier alpha value is -0.590. The monoisotopic (exact) mass is 224 g/mol. The molecule has 0 fully saturated rings. The topological polar surface area (TPSA) is 17.1 Å². The van der Waals surface area contributed by atoms with E-state index in [1.54, 1.807) is 0 Å². The van der Waals surface area contributed by atoms with Gasteiger partial charge in [0.05, 0.1) is 0 Å². The van der Waals surface area contributed by atoms with Crippen molar-refractivity contribution in [3.05, 3.63) is 11.6 Å². The third-order valence-corrected chi connectivity index (χ3v) is 2.89. The van der Waals surface area contributed by atoms with Gasteiger partial charge in [-0.15, -0.1) is 0 Å². The largest absolute Gasteiger partial charge is 0.300 e. The fourth-order valence-electron chi connectivity index (χ4n) is 1.85. The molecule has 0 radical (unpaired) electrons. The van der Waals surface area contributed by atoms with Crippen LogP contribution in [0.2, 0.25) is 0 Å². The summed E-state index contributed by atoms with van der Waals surface area (Å²) in [5.74, 6) is 1.20. The first-order valence-corrected chi connectivity index (χ1v) is 6.71. The Morgan fingerprint density at radius 1 is 1.19 bits per heavy atom. The Kier molecular flexibility index (Phi) is 9.27. The maximum Gasteiger partial charge on any atom is 0.132 e. The third-order valence-electron chi connectivity index (χ3n) is 2.89. The number of allylic oxidation sites excluding steroid dienone is 2. The highest BCUT2D eigenvalue weighted by molar-refractivity contribution is 5.78. The zero-order valence-electron chi connectivity index (χ0n) is 11.5. The molecule has 0 aliphatic carbocycles. The van der Waals surface area contributed by atoms with Gasteiger partial charge in [-0.25, -0.2) is 0 Å². The lowest BCUT2D eigenvalue weighted by Gasteiger charge is -2.09. The predicted molar refractivity (Wildman–Crippen MR) is 71.6 cm³/mol. The number of carbonyl (C=O) groups is 1. The molecule has 0 N–H and O–H groups in total. The maximum absolute atomic E-state index is 11.3. The van der Waals surface area contributed by atoms with Crippen LogP contribution in [0, 0.1) is 5.92 Å². The van der Waals surface area contributed by atoms with Gasteiger partial charge in [-0.05, 0) is 45.4 Å². The molecule has 0 bridgehead atoms. The molecule has 0 aromatic heterocycles. The van der Waals surface area contributed by atoms with Crippen molar-refractivity contribution < 1.29 is 4.79 Å². The molecule has 1 nitrogen and oxygen atoms in total. The number of hydrogen-bond donors (Lipinski definition) is 0. The SMILES string of the molecule is CCCC(=O)CCCC(C)CCC=C(C)C. The molecule has 94 valence electrons. The highest BCUT2D eigenvalue weighted by Crippen LogP contribution is 2.15. The van der Waals surface area contributed by atoms with E-state index in [9.17, 15) is 4.79 Å². The quantitative estimate of drug-likeness (QED) is 0.509. The van der Waals surface area contributed by atoms with Crippen LogP contribution in [-0.2, 0) is 4.79 Å². The van der Waals surface area contributed by atoms with Crippen molar-refractivity contribution in [2.24, 2.45) is 5.92 Å². The van der Waals surface area contributed by atoms with Crippen LogP contribution in [0.25, 0.3) is 0 Å².